The Labute approximate surface area is 245 Å². The van der Waals surface area contributed by atoms with Gasteiger partial charge in [0.2, 0.25) is 11.8 Å². The molecule has 0 aliphatic rings. The summed E-state index contributed by atoms with van der Waals surface area (Å²) in [7, 11) is 0. The van der Waals surface area contributed by atoms with Crippen LogP contribution in [0.5, 0.6) is 0 Å². The third-order valence-corrected chi connectivity index (χ3v) is 7.81. The molecule has 0 aliphatic heterocycles. The standard InChI is InChI=1S/C31H26N2O6S2/c1-2-39-31(38)27-24(20-10-5-3-6-11-20)19-40-30(27)33-29(37)28(21-12-7-4-8-13-21)41-23-15-9-14-22(18-23)32-25(34)16-17-26(35)36/h3-19,28H,2H2,1H3,(H,32,34)(H,33,37)(H,35,36)/b17-16+. The highest BCUT2D eigenvalue weighted by Crippen LogP contribution is 2.40. The van der Waals surface area contributed by atoms with E-state index in [2.05, 4.69) is 10.6 Å². The summed E-state index contributed by atoms with van der Waals surface area (Å²) in [5.41, 5.74) is 2.99. The Balaban J connectivity index is 1.62. The highest BCUT2D eigenvalue weighted by atomic mass is 32.2. The molecule has 0 aliphatic carbocycles. The Morgan fingerprint density at radius 2 is 1.63 bits per heavy atom. The molecule has 0 bridgehead atoms. The van der Waals surface area contributed by atoms with E-state index in [1.54, 1.807) is 31.2 Å². The number of hydrogen-bond acceptors (Lipinski definition) is 7. The number of rotatable bonds is 11. The number of hydrogen-bond donors (Lipinski definition) is 3. The van der Waals surface area contributed by atoms with E-state index in [1.165, 1.54) is 23.1 Å². The van der Waals surface area contributed by atoms with Gasteiger partial charge in [0.05, 0.1) is 6.61 Å². The van der Waals surface area contributed by atoms with Gasteiger partial charge < -0.3 is 20.5 Å². The molecule has 3 N–H and O–H groups in total. The summed E-state index contributed by atoms with van der Waals surface area (Å²) in [6.07, 6.45) is 1.68. The van der Waals surface area contributed by atoms with E-state index in [0.717, 1.165) is 23.3 Å². The number of nitrogens with one attached hydrogen (secondary N) is 2. The van der Waals surface area contributed by atoms with Crippen LogP contribution in [0.2, 0.25) is 0 Å². The number of anilines is 2. The van der Waals surface area contributed by atoms with Gasteiger partial charge in [-0.15, -0.1) is 23.1 Å². The van der Waals surface area contributed by atoms with E-state index in [4.69, 9.17) is 9.84 Å². The maximum atomic E-state index is 13.8. The first-order valence-electron chi connectivity index (χ1n) is 12.5. The number of carbonyl (C=O) groups excluding carboxylic acids is 3. The first-order valence-corrected chi connectivity index (χ1v) is 14.3. The molecule has 4 aromatic rings. The summed E-state index contributed by atoms with van der Waals surface area (Å²) in [5.74, 6) is -2.68. The van der Waals surface area contributed by atoms with Gasteiger partial charge in [0.25, 0.3) is 0 Å². The van der Waals surface area contributed by atoms with Gasteiger partial charge >= 0.3 is 11.9 Å². The van der Waals surface area contributed by atoms with Crippen molar-refractivity contribution in [2.75, 3.05) is 17.2 Å². The summed E-state index contributed by atoms with van der Waals surface area (Å²) >= 11 is 2.52. The average molecular weight is 587 g/mol. The predicted molar refractivity (Wildman–Crippen MR) is 161 cm³/mol. The minimum atomic E-state index is -1.23. The second-order valence-electron chi connectivity index (χ2n) is 8.53. The molecule has 41 heavy (non-hydrogen) atoms. The molecule has 0 spiro atoms. The van der Waals surface area contributed by atoms with Crippen LogP contribution in [0.3, 0.4) is 0 Å². The van der Waals surface area contributed by atoms with Crippen molar-refractivity contribution in [3.8, 4) is 11.1 Å². The van der Waals surface area contributed by atoms with E-state index in [0.29, 0.717) is 26.7 Å². The lowest BCUT2D eigenvalue weighted by molar-refractivity contribution is -0.131. The number of ether oxygens (including phenoxy) is 1. The normalized spacial score (nSPS) is 11.5. The molecule has 10 heteroatoms. The largest absolute Gasteiger partial charge is 0.478 e. The molecular weight excluding hydrogens is 560 g/mol. The second kappa shape index (κ2) is 14.1. The molecule has 0 saturated carbocycles. The van der Waals surface area contributed by atoms with Crippen molar-refractivity contribution >= 4 is 57.5 Å². The molecule has 1 heterocycles. The molecular formula is C31H26N2O6S2. The number of benzene rings is 3. The minimum Gasteiger partial charge on any atom is -0.478 e. The zero-order valence-corrected chi connectivity index (χ0v) is 23.5. The van der Waals surface area contributed by atoms with Gasteiger partial charge in [-0.2, -0.15) is 0 Å². The topological polar surface area (TPSA) is 122 Å². The van der Waals surface area contributed by atoms with Crippen molar-refractivity contribution in [3.05, 3.63) is 114 Å². The summed E-state index contributed by atoms with van der Waals surface area (Å²) in [4.78, 5) is 50.2. The van der Waals surface area contributed by atoms with Crippen LogP contribution < -0.4 is 10.6 Å². The molecule has 2 amide bonds. The molecule has 3 aromatic carbocycles. The number of carbonyl (C=O) groups is 4. The Kier molecular flexibility index (Phi) is 10.1. The molecule has 1 unspecified atom stereocenters. The van der Waals surface area contributed by atoms with Crippen molar-refractivity contribution in [2.24, 2.45) is 0 Å². The first-order chi connectivity index (χ1) is 19.9. The molecule has 8 nitrogen and oxygen atoms in total. The lowest BCUT2D eigenvalue weighted by Crippen LogP contribution is -2.20. The van der Waals surface area contributed by atoms with Gasteiger partial charge in [0.1, 0.15) is 15.8 Å². The van der Waals surface area contributed by atoms with Crippen molar-refractivity contribution in [1.29, 1.82) is 0 Å². The van der Waals surface area contributed by atoms with Crippen molar-refractivity contribution in [3.63, 3.8) is 0 Å². The summed E-state index contributed by atoms with van der Waals surface area (Å²) < 4.78 is 5.33. The number of aliphatic carboxylic acids is 1. The van der Waals surface area contributed by atoms with E-state index in [-0.39, 0.29) is 12.5 Å². The van der Waals surface area contributed by atoms with Crippen LogP contribution in [0.1, 0.15) is 28.1 Å². The Morgan fingerprint density at radius 3 is 2.32 bits per heavy atom. The van der Waals surface area contributed by atoms with Gasteiger partial charge in [-0.25, -0.2) is 9.59 Å². The lowest BCUT2D eigenvalue weighted by Gasteiger charge is -2.18. The number of carboxylic acids is 1. The van der Waals surface area contributed by atoms with Gasteiger partial charge in [0, 0.05) is 33.7 Å². The molecule has 0 saturated heterocycles. The molecule has 4 rings (SSSR count). The monoisotopic (exact) mass is 586 g/mol. The van der Waals surface area contributed by atoms with Gasteiger partial charge in [-0.05, 0) is 36.2 Å². The van der Waals surface area contributed by atoms with E-state index in [9.17, 15) is 19.2 Å². The Bertz CT molecular complexity index is 1570. The fourth-order valence-corrected chi connectivity index (χ4v) is 5.92. The number of amides is 2. The molecule has 1 aromatic heterocycles. The lowest BCUT2D eigenvalue weighted by atomic mass is 10.0. The first kappa shape index (κ1) is 29.3. The van der Waals surface area contributed by atoms with Gasteiger partial charge in [-0.1, -0.05) is 66.7 Å². The van der Waals surface area contributed by atoms with Crippen LogP contribution in [-0.2, 0) is 19.1 Å². The second-order valence-corrected chi connectivity index (χ2v) is 10.6. The number of thioether (sulfide) groups is 1. The summed E-state index contributed by atoms with van der Waals surface area (Å²) in [6.45, 7) is 1.92. The number of carboxylic acid groups (broad SMARTS) is 1. The Hall–Kier alpha value is -4.67. The van der Waals surface area contributed by atoms with E-state index in [1.807, 2.05) is 66.0 Å². The SMILES string of the molecule is CCOC(=O)c1c(-c2ccccc2)csc1NC(=O)C(Sc1cccc(NC(=O)/C=C/C(=O)O)c1)c1ccccc1. The maximum absolute atomic E-state index is 13.8. The van der Waals surface area contributed by atoms with Crippen LogP contribution in [0.4, 0.5) is 10.7 Å². The van der Waals surface area contributed by atoms with Gasteiger partial charge in [0.15, 0.2) is 0 Å². The molecule has 0 radical (unpaired) electrons. The van der Waals surface area contributed by atoms with Gasteiger partial charge in [-0.3, -0.25) is 9.59 Å². The van der Waals surface area contributed by atoms with Crippen LogP contribution in [0.25, 0.3) is 11.1 Å². The average Bonchev–Trinajstić information content (AvgIpc) is 3.39. The van der Waals surface area contributed by atoms with E-state index >= 15 is 0 Å². The van der Waals surface area contributed by atoms with Crippen molar-refractivity contribution in [2.45, 2.75) is 17.1 Å². The van der Waals surface area contributed by atoms with Crippen LogP contribution in [0, 0.1) is 0 Å². The Morgan fingerprint density at radius 1 is 0.927 bits per heavy atom. The third-order valence-electron chi connectivity index (χ3n) is 5.67. The molecule has 208 valence electrons. The van der Waals surface area contributed by atoms with Crippen LogP contribution >= 0.6 is 23.1 Å². The summed E-state index contributed by atoms with van der Waals surface area (Å²) in [6, 6.07) is 25.5. The smallest absolute Gasteiger partial charge is 0.341 e. The molecule has 0 fully saturated rings. The fourth-order valence-electron chi connectivity index (χ4n) is 3.88. The predicted octanol–water partition coefficient (Wildman–Crippen LogP) is 6.64. The zero-order chi connectivity index (χ0) is 29.2. The maximum Gasteiger partial charge on any atom is 0.341 e. The van der Waals surface area contributed by atoms with Crippen molar-refractivity contribution in [1.82, 2.24) is 0 Å². The molecule has 1 atom stereocenters. The van der Waals surface area contributed by atoms with E-state index < -0.39 is 23.1 Å². The number of esters is 1. The quantitative estimate of drug-likeness (QED) is 0.102. The zero-order valence-electron chi connectivity index (χ0n) is 21.9. The van der Waals surface area contributed by atoms with Crippen LogP contribution in [0.15, 0.2) is 107 Å². The summed E-state index contributed by atoms with van der Waals surface area (Å²) in [5, 5.41) is 15.8. The highest BCUT2D eigenvalue weighted by molar-refractivity contribution is 8.00. The fraction of sp³-hybridized carbons (Fsp3) is 0.0968. The third kappa shape index (κ3) is 7.93. The highest BCUT2D eigenvalue weighted by Gasteiger charge is 2.27. The van der Waals surface area contributed by atoms with Crippen LogP contribution in [-0.4, -0.2) is 35.5 Å². The van der Waals surface area contributed by atoms with Crippen molar-refractivity contribution < 1.29 is 29.0 Å². The minimum absolute atomic E-state index is 0.192. The number of thiophene rings is 1.